The number of hydrogen-bond acceptors (Lipinski definition) is 8. The largest absolute Gasteiger partial charge is 0.339 e. The zero-order chi connectivity index (χ0) is 22.3. The van der Waals surface area contributed by atoms with Crippen molar-refractivity contribution in [3.05, 3.63) is 41.2 Å². The summed E-state index contributed by atoms with van der Waals surface area (Å²) in [5.41, 5.74) is 0. The number of anilines is 1. The number of aryl methyl sites for hydroxylation is 1. The summed E-state index contributed by atoms with van der Waals surface area (Å²) in [6.07, 6.45) is 4.95. The molecule has 1 saturated heterocycles. The highest BCUT2D eigenvalue weighted by Crippen LogP contribution is 2.41. The lowest BCUT2D eigenvalue weighted by molar-refractivity contribution is -0.120. The zero-order valence-corrected chi connectivity index (χ0v) is 19.2. The second-order valence-electron chi connectivity index (χ2n) is 8.17. The highest BCUT2D eigenvalue weighted by Gasteiger charge is 2.36. The number of nitrogens with one attached hydrogen (secondary N) is 1. The number of rotatable bonds is 6. The number of carbonyl (C=O) groups excluding carboxylic acids is 1. The van der Waals surface area contributed by atoms with Gasteiger partial charge in [-0.1, -0.05) is 11.2 Å². The fraction of sp³-hybridized carbons (Fsp3) is 0.429. The molecule has 2 aliphatic rings. The number of aromatic nitrogens is 3. The normalized spacial score (nSPS) is 19.7. The van der Waals surface area contributed by atoms with E-state index < -0.39 is 15.9 Å². The molecule has 1 atom stereocenters. The molecule has 1 amide bonds. The van der Waals surface area contributed by atoms with Gasteiger partial charge in [0, 0.05) is 30.1 Å². The molecule has 32 heavy (non-hydrogen) atoms. The van der Waals surface area contributed by atoms with Crippen LogP contribution in [0.4, 0.5) is 5.82 Å². The number of pyridine rings is 1. The minimum atomic E-state index is -3.75. The van der Waals surface area contributed by atoms with Crippen molar-refractivity contribution >= 4 is 33.1 Å². The van der Waals surface area contributed by atoms with E-state index in [9.17, 15) is 13.2 Å². The second kappa shape index (κ2) is 8.38. The van der Waals surface area contributed by atoms with Gasteiger partial charge in [0.2, 0.25) is 27.6 Å². The molecular formula is C21H23N5O4S2. The maximum absolute atomic E-state index is 13.4. The van der Waals surface area contributed by atoms with Crippen molar-refractivity contribution in [3.8, 4) is 10.7 Å². The topological polar surface area (TPSA) is 118 Å². The third kappa shape index (κ3) is 4.19. The molecule has 1 N–H and O–H groups in total. The molecule has 1 aliphatic carbocycles. The molecule has 0 bridgehead atoms. The molecule has 3 aromatic rings. The van der Waals surface area contributed by atoms with Crippen molar-refractivity contribution in [1.82, 2.24) is 19.4 Å². The Kier molecular flexibility index (Phi) is 5.56. The van der Waals surface area contributed by atoms with Gasteiger partial charge in [-0.15, -0.1) is 11.3 Å². The lowest BCUT2D eigenvalue weighted by atomic mass is 9.99. The summed E-state index contributed by atoms with van der Waals surface area (Å²) in [5, 5.41) is 6.81. The highest BCUT2D eigenvalue weighted by molar-refractivity contribution is 7.89. The smallest absolute Gasteiger partial charge is 0.244 e. The average Bonchev–Trinajstić information content (AvgIpc) is 3.39. The van der Waals surface area contributed by atoms with Gasteiger partial charge in [-0.2, -0.15) is 9.29 Å². The summed E-state index contributed by atoms with van der Waals surface area (Å²) >= 11 is 1.33. The van der Waals surface area contributed by atoms with E-state index in [0.29, 0.717) is 52.6 Å². The van der Waals surface area contributed by atoms with Crippen LogP contribution < -0.4 is 5.32 Å². The van der Waals surface area contributed by atoms with Gasteiger partial charge in [0.05, 0.1) is 15.7 Å². The third-order valence-electron chi connectivity index (χ3n) is 5.75. The number of piperidine rings is 1. The van der Waals surface area contributed by atoms with Gasteiger partial charge >= 0.3 is 0 Å². The second-order valence-corrected chi connectivity index (χ2v) is 11.3. The number of hydrogen-bond donors (Lipinski definition) is 1. The molecule has 1 saturated carbocycles. The highest BCUT2D eigenvalue weighted by atomic mass is 32.2. The predicted molar refractivity (Wildman–Crippen MR) is 119 cm³/mol. The number of thiophene rings is 1. The summed E-state index contributed by atoms with van der Waals surface area (Å²) in [6.45, 7) is 2.30. The van der Waals surface area contributed by atoms with E-state index in [1.807, 2.05) is 0 Å². The van der Waals surface area contributed by atoms with Gasteiger partial charge in [-0.25, -0.2) is 13.4 Å². The molecule has 0 aromatic carbocycles. The average molecular weight is 474 g/mol. The van der Waals surface area contributed by atoms with E-state index in [1.54, 1.807) is 37.4 Å². The lowest BCUT2D eigenvalue weighted by Gasteiger charge is -2.31. The zero-order valence-electron chi connectivity index (χ0n) is 17.5. The molecule has 0 spiro atoms. The fourth-order valence-corrected chi connectivity index (χ4v) is 6.85. The molecular weight excluding hydrogens is 450 g/mol. The van der Waals surface area contributed by atoms with Crippen LogP contribution in [0.1, 0.15) is 42.4 Å². The number of carbonyl (C=O) groups is 1. The predicted octanol–water partition coefficient (Wildman–Crippen LogP) is 3.42. The van der Waals surface area contributed by atoms with Crippen molar-refractivity contribution in [2.45, 2.75) is 43.4 Å². The van der Waals surface area contributed by atoms with E-state index in [-0.39, 0.29) is 17.3 Å². The minimum absolute atomic E-state index is 0.139. The van der Waals surface area contributed by atoms with E-state index >= 15 is 0 Å². The Hall–Kier alpha value is -2.63. The monoisotopic (exact) mass is 473 g/mol. The Labute approximate surface area is 189 Å². The Morgan fingerprint density at radius 1 is 1.28 bits per heavy atom. The first-order valence-electron chi connectivity index (χ1n) is 10.6. The van der Waals surface area contributed by atoms with E-state index in [1.165, 1.54) is 15.6 Å². The van der Waals surface area contributed by atoms with E-state index in [0.717, 1.165) is 12.8 Å². The molecule has 1 aliphatic heterocycles. The summed E-state index contributed by atoms with van der Waals surface area (Å²) in [5.74, 6) is 1.19. The van der Waals surface area contributed by atoms with Crippen molar-refractivity contribution in [2.75, 3.05) is 18.4 Å². The quantitative estimate of drug-likeness (QED) is 0.583. The molecule has 9 nitrogen and oxygen atoms in total. The van der Waals surface area contributed by atoms with Crippen LogP contribution in [0.15, 0.2) is 39.9 Å². The molecule has 4 heterocycles. The van der Waals surface area contributed by atoms with Gasteiger partial charge in [-0.05, 0) is 50.8 Å². The Morgan fingerprint density at radius 2 is 2.12 bits per heavy atom. The maximum atomic E-state index is 13.4. The SMILES string of the molecule is Cc1sc(-c2noc(C3CC3)n2)cc1S(=O)(=O)N1CCCC(C(=O)Nc2ccccn2)C1. The third-order valence-corrected chi connectivity index (χ3v) is 8.92. The van der Waals surface area contributed by atoms with Crippen molar-refractivity contribution in [3.63, 3.8) is 0 Å². The van der Waals surface area contributed by atoms with Crippen LogP contribution in [0.3, 0.4) is 0 Å². The van der Waals surface area contributed by atoms with Crippen molar-refractivity contribution in [1.29, 1.82) is 0 Å². The van der Waals surface area contributed by atoms with Crippen LogP contribution in [-0.2, 0) is 14.8 Å². The van der Waals surface area contributed by atoms with Crippen LogP contribution in [0.5, 0.6) is 0 Å². The Morgan fingerprint density at radius 3 is 2.88 bits per heavy atom. The van der Waals surface area contributed by atoms with Crippen LogP contribution in [0.2, 0.25) is 0 Å². The first kappa shape index (κ1) is 21.2. The lowest BCUT2D eigenvalue weighted by Crippen LogP contribution is -2.43. The summed E-state index contributed by atoms with van der Waals surface area (Å²) in [6, 6.07) is 6.88. The van der Waals surface area contributed by atoms with Crippen LogP contribution >= 0.6 is 11.3 Å². The molecule has 2 fully saturated rings. The first-order valence-corrected chi connectivity index (χ1v) is 12.8. The van der Waals surface area contributed by atoms with Crippen LogP contribution in [-0.4, -0.2) is 46.8 Å². The van der Waals surface area contributed by atoms with Gasteiger partial charge in [0.25, 0.3) is 0 Å². The summed E-state index contributed by atoms with van der Waals surface area (Å²) in [4.78, 5) is 22.8. The molecule has 5 rings (SSSR count). The van der Waals surface area contributed by atoms with Gasteiger partial charge in [-0.3, -0.25) is 4.79 Å². The van der Waals surface area contributed by atoms with E-state index in [2.05, 4.69) is 20.4 Å². The van der Waals surface area contributed by atoms with E-state index in [4.69, 9.17) is 4.52 Å². The minimum Gasteiger partial charge on any atom is -0.339 e. The van der Waals surface area contributed by atoms with Crippen molar-refractivity contribution < 1.29 is 17.7 Å². The molecule has 168 valence electrons. The van der Waals surface area contributed by atoms with Gasteiger partial charge in [0.15, 0.2) is 0 Å². The molecule has 11 heteroatoms. The molecule has 3 aromatic heterocycles. The standard InChI is InChI=1S/C21H23N5O4S2/c1-13-17(11-16(31-13)19-24-21(30-25-19)14-7-8-14)32(28,29)26-10-4-5-15(12-26)20(27)23-18-6-2-3-9-22-18/h2-3,6,9,11,14-15H,4-5,7-8,10,12H2,1H3,(H,22,23,27). The summed E-state index contributed by atoms with van der Waals surface area (Å²) < 4.78 is 33.6. The Bertz CT molecular complexity index is 1230. The van der Waals surface area contributed by atoms with Crippen molar-refractivity contribution in [2.24, 2.45) is 5.92 Å². The summed E-state index contributed by atoms with van der Waals surface area (Å²) in [7, 11) is -3.75. The first-order chi connectivity index (χ1) is 15.4. The Balaban J connectivity index is 1.33. The van der Waals surface area contributed by atoms with Crippen LogP contribution in [0, 0.1) is 12.8 Å². The maximum Gasteiger partial charge on any atom is 0.244 e. The molecule has 1 unspecified atom stereocenters. The van der Waals surface area contributed by atoms with Crippen LogP contribution in [0.25, 0.3) is 10.7 Å². The number of sulfonamides is 1. The number of amides is 1. The molecule has 0 radical (unpaired) electrons. The fourth-order valence-electron chi connectivity index (χ4n) is 3.84. The van der Waals surface area contributed by atoms with Gasteiger partial charge < -0.3 is 9.84 Å². The number of nitrogens with zero attached hydrogens (tertiary/aromatic N) is 4. The van der Waals surface area contributed by atoms with Gasteiger partial charge in [0.1, 0.15) is 5.82 Å².